The number of nitrogens with zero attached hydrogens (tertiary/aromatic N) is 6. The van der Waals surface area contributed by atoms with Gasteiger partial charge in [0.2, 0.25) is 17.7 Å². The molecule has 1 aliphatic carbocycles. The van der Waals surface area contributed by atoms with Crippen LogP contribution in [0.1, 0.15) is 36.9 Å². The summed E-state index contributed by atoms with van der Waals surface area (Å²) in [5.41, 5.74) is 22.6. The lowest BCUT2D eigenvalue weighted by Crippen LogP contribution is -2.50. The summed E-state index contributed by atoms with van der Waals surface area (Å²) in [6.45, 7) is 2.48. The molecule has 0 radical (unpaired) electrons. The number of aromatic amines is 1. The van der Waals surface area contributed by atoms with Crippen molar-refractivity contribution in [3.63, 3.8) is 0 Å². The third-order valence-corrected chi connectivity index (χ3v) is 7.73. The number of halogens is 1. The molecule has 1 atom stereocenters. The maximum Gasteiger partial charge on any atom is 0.251 e. The highest BCUT2D eigenvalue weighted by Gasteiger charge is 2.35. The summed E-state index contributed by atoms with van der Waals surface area (Å²) in [5.74, 6) is 0.101. The van der Waals surface area contributed by atoms with Crippen molar-refractivity contribution in [2.45, 2.75) is 45.1 Å². The third-order valence-electron chi connectivity index (χ3n) is 7.73. The van der Waals surface area contributed by atoms with Crippen molar-refractivity contribution in [3.05, 3.63) is 66.0 Å². The molecule has 42 heavy (non-hydrogen) atoms. The van der Waals surface area contributed by atoms with E-state index in [-0.39, 0.29) is 36.6 Å². The molecule has 2 amide bonds. The molecule has 2 aromatic carbocycles. The lowest BCUT2D eigenvalue weighted by Gasteiger charge is -2.32. The van der Waals surface area contributed by atoms with Gasteiger partial charge in [0.25, 0.3) is 5.91 Å². The number of H-pyrrole nitrogens is 1. The molecule has 0 unspecified atom stereocenters. The van der Waals surface area contributed by atoms with Gasteiger partial charge in [-0.25, -0.2) is 14.9 Å². The summed E-state index contributed by atoms with van der Waals surface area (Å²) in [7, 11) is 0. The Bertz CT molecular complexity index is 1490. The van der Waals surface area contributed by atoms with Crippen LogP contribution in [0.5, 0.6) is 0 Å². The second-order valence-electron chi connectivity index (χ2n) is 10.5. The summed E-state index contributed by atoms with van der Waals surface area (Å²) in [6, 6.07) is 13.7. The number of rotatable bonds is 8. The van der Waals surface area contributed by atoms with Crippen molar-refractivity contribution in [2.24, 2.45) is 23.3 Å². The van der Waals surface area contributed by atoms with Gasteiger partial charge in [0.05, 0.1) is 17.4 Å². The van der Waals surface area contributed by atoms with E-state index in [4.69, 9.17) is 17.2 Å². The summed E-state index contributed by atoms with van der Waals surface area (Å²) < 4.78 is 0. The van der Waals surface area contributed by atoms with Crippen LogP contribution in [0.2, 0.25) is 0 Å². The Kier molecular flexibility index (Phi) is 9.94. The fourth-order valence-electron chi connectivity index (χ4n) is 5.33. The second kappa shape index (κ2) is 13.6. The molecule has 2 heterocycles. The molecule has 220 valence electrons. The first-order valence-electron chi connectivity index (χ1n) is 13.7. The number of hydrogen-bond donors (Lipinski definition) is 4. The van der Waals surface area contributed by atoms with Crippen LogP contribution >= 0.6 is 12.4 Å². The Morgan fingerprint density at radius 3 is 2.29 bits per heavy atom. The van der Waals surface area contributed by atoms with Gasteiger partial charge in [0, 0.05) is 23.2 Å². The number of nitrogen functional groups attached to an aromatic ring is 1. The van der Waals surface area contributed by atoms with Crippen LogP contribution < -0.4 is 22.1 Å². The van der Waals surface area contributed by atoms with E-state index < -0.39 is 11.9 Å². The molecule has 1 saturated carbocycles. The number of aryl methyl sites for hydroxylation is 1. The van der Waals surface area contributed by atoms with E-state index in [2.05, 4.69) is 30.6 Å². The van der Waals surface area contributed by atoms with Crippen molar-refractivity contribution in [3.8, 4) is 22.5 Å². The fraction of sp³-hybridized carbons (Fsp3) is 0.345. The number of aromatic nitrogens is 6. The first-order valence-corrected chi connectivity index (χ1v) is 13.7. The molecule has 0 spiro atoms. The van der Waals surface area contributed by atoms with E-state index >= 15 is 0 Å². The average molecular weight is 591 g/mol. The van der Waals surface area contributed by atoms with Crippen LogP contribution in [0, 0.1) is 18.8 Å². The monoisotopic (exact) mass is 590 g/mol. The smallest absolute Gasteiger partial charge is 0.251 e. The van der Waals surface area contributed by atoms with Gasteiger partial charge in [-0.2, -0.15) is 5.21 Å². The summed E-state index contributed by atoms with van der Waals surface area (Å²) in [4.78, 5) is 37.2. The van der Waals surface area contributed by atoms with Gasteiger partial charge in [-0.05, 0) is 92.1 Å². The Morgan fingerprint density at radius 2 is 1.69 bits per heavy atom. The average Bonchev–Trinajstić information content (AvgIpc) is 3.53. The van der Waals surface area contributed by atoms with Gasteiger partial charge < -0.3 is 17.2 Å². The molecule has 5 rings (SSSR count). The minimum Gasteiger partial charge on any atom is -0.368 e. The quantitative estimate of drug-likeness (QED) is 0.237. The lowest BCUT2D eigenvalue weighted by molar-refractivity contribution is -0.130. The van der Waals surface area contributed by atoms with Crippen LogP contribution in [0.15, 0.2) is 54.7 Å². The maximum absolute atomic E-state index is 13.8. The van der Waals surface area contributed by atoms with E-state index in [1.54, 1.807) is 30.5 Å². The van der Waals surface area contributed by atoms with Gasteiger partial charge in [-0.15, -0.1) is 22.6 Å². The number of nitrogens with one attached hydrogen (secondary N) is 1. The zero-order valence-corrected chi connectivity index (χ0v) is 24.1. The van der Waals surface area contributed by atoms with Gasteiger partial charge in [0.1, 0.15) is 0 Å². The number of tetrazole rings is 1. The van der Waals surface area contributed by atoms with Crippen LogP contribution in [0.4, 0.5) is 11.6 Å². The third kappa shape index (κ3) is 6.78. The number of nitrogens with two attached hydrogens (primary N) is 3. The predicted molar refractivity (Wildman–Crippen MR) is 162 cm³/mol. The molecule has 0 saturated heterocycles. The second-order valence-corrected chi connectivity index (χ2v) is 10.5. The highest BCUT2D eigenvalue weighted by molar-refractivity contribution is 6.17. The summed E-state index contributed by atoms with van der Waals surface area (Å²) in [6.07, 6.45) is 5.06. The molecule has 2 aromatic heterocycles. The number of imide groups is 1. The topological polar surface area (TPSA) is 196 Å². The standard InChI is InChI=1S/C29H34N10O2.ClH/c1-17-24(16-33-29(32)34-17)20-6-2-18(3-7-20)14-25(31)28(41)39(27(40)22-8-4-19(15-30)5-9-22)23-12-10-21(11-13-23)26-35-37-38-36-26;/h2-3,6-7,10-13,16,19,22,25H,4-5,8-9,14-15,30-31H2,1H3,(H2,32,33,34)(H,35,36,37,38);1H/t19?,22?,25-;/m0./s1. The molecule has 1 fully saturated rings. The highest BCUT2D eigenvalue weighted by Crippen LogP contribution is 2.32. The van der Waals surface area contributed by atoms with E-state index in [0.717, 1.165) is 35.2 Å². The van der Waals surface area contributed by atoms with Gasteiger partial charge in [-0.3, -0.25) is 9.59 Å². The molecule has 7 N–H and O–H groups in total. The van der Waals surface area contributed by atoms with Crippen LogP contribution in [0.25, 0.3) is 22.5 Å². The molecular formula is C29H35ClN10O2. The normalized spacial score (nSPS) is 17.2. The van der Waals surface area contributed by atoms with Gasteiger partial charge in [0.15, 0.2) is 0 Å². The molecule has 12 nitrogen and oxygen atoms in total. The van der Waals surface area contributed by atoms with E-state index in [1.165, 1.54) is 4.90 Å². The number of benzene rings is 2. The number of amides is 2. The molecule has 0 aliphatic heterocycles. The first kappa shape index (κ1) is 30.7. The van der Waals surface area contributed by atoms with E-state index in [0.29, 0.717) is 42.4 Å². The van der Waals surface area contributed by atoms with Gasteiger partial charge >= 0.3 is 0 Å². The number of anilines is 2. The minimum atomic E-state index is -0.927. The molecule has 13 heteroatoms. The van der Waals surface area contributed by atoms with Crippen molar-refractivity contribution >= 4 is 35.9 Å². The number of hydrogen-bond acceptors (Lipinski definition) is 10. The van der Waals surface area contributed by atoms with E-state index in [1.807, 2.05) is 31.2 Å². The van der Waals surface area contributed by atoms with Gasteiger partial charge in [-0.1, -0.05) is 24.3 Å². The summed E-state index contributed by atoms with van der Waals surface area (Å²) in [5, 5.41) is 14.0. The Balaban J connectivity index is 0.00000405. The highest BCUT2D eigenvalue weighted by atomic mass is 35.5. The lowest BCUT2D eigenvalue weighted by atomic mass is 9.81. The Morgan fingerprint density at radius 1 is 1.02 bits per heavy atom. The van der Waals surface area contributed by atoms with Crippen molar-refractivity contribution in [1.29, 1.82) is 0 Å². The van der Waals surface area contributed by atoms with Crippen LogP contribution in [0.3, 0.4) is 0 Å². The molecule has 1 aliphatic rings. The SMILES string of the molecule is Cc1nc(N)ncc1-c1ccc(C[C@H](N)C(=O)N(C(=O)C2CCC(CN)CC2)c2ccc(-c3nn[nH]n3)cc2)cc1.Cl. The largest absolute Gasteiger partial charge is 0.368 e. The fourth-order valence-corrected chi connectivity index (χ4v) is 5.33. The Labute approximate surface area is 249 Å². The van der Waals surface area contributed by atoms with Crippen LogP contribution in [-0.4, -0.2) is 55.0 Å². The summed E-state index contributed by atoms with van der Waals surface area (Å²) >= 11 is 0. The predicted octanol–water partition coefficient (Wildman–Crippen LogP) is 2.83. The zero-order chi connectivity index (χ0) is 28.9. The Hall–Kier alpha value is -4.26. The maximum atomic E-state index is 13.8. The molecular weight excluding hydrogens is 556 g/mol. The number of carbonyl (C=O) groups is 2. The first-order chi connectivity index (χ1) is 19.8. The molecule has 4 aromatic rings. The van der Waals surface area contributed by atoms with Crippen molar-refractivity contribution in [1.82, 2.24) is 30.6 Å². The minimum absolute atomic E-state index is 0. The number of carbonyl (C=O) groups excluding carboxylic acids is 2. The van der Waals surface area contributed by atoms with Crippen LogP contribution in [-0.2, 0) is 16.0 Å². The zero-order valence-electron chi connectivity index (χ0n) is 23.3. The van der Waals surface area contributed by atoms with Crippen molar-refractivity contribution < 1.29 is 9.59 Å². The van der Waals surface area contributed by atoms with E-state index in [9.17, 15) is 9.59 Å². The van der Waals surface area contributed by atoms with Crippen molar-refractivity contribution in [2.75, 3.05) is 17.2 Å². The molecule has 0 bridgehead atoms.